The predicted molar refractivity (Wildman–Crippen MR) is 104 cm³/mol. The van der Waals surface area contributed by atoms with E-state index in [-0.39, 0.29) is 23.3 Å². The van der Waals surface area contributed by atoms with Crippen LogP contribution in [0.3, 0.4) is 0 Å². The fraction of sp³-hybridized carbons (Fsp3) is 0.200. The average Bonchev–Trinajstić information content (AvgIpc) is 2.98. The monoisotopic (exact) mass is 404 g/mol. The molecule has 0 N–H and O–H groups in total. The number of carbonyl (C=O) groups is 1. The van der Waals surface area contributed by atoms with Crippen LogP contribution in [0.15, 0.2) is 48.0 Å². The van der Waals surface area contributed by atoms with Crippen molar-refractivity contribution in [2.45, 2.75) is 13.0 Å². The maximum absolute atomic E-state index is 14.2. The van der Waals surface area contributed by atoms with Gasteiger partial charge in [0.05, 0.1) is 30.9 Å². The Hall–Kier alpha value is -3.00. The molecule has 0 saturated heterocycles. The van der Waals surface area contributed by atoms with Crippen molar-refractivity contribution in [1.29, 1.82) is 0 Å². The Bertz CT molecular complexity index is 1120. The summed E-state index contributed by atoms with van der Waals surface area (Å²) in [6, 6.07) is 7.18. The molecule has 3 aromatic rings. The molecule has 0 fully saturated rings. The van der Waals surface area contributed by atoms with E-state index in [0.29, 0.717) is 21.8 Å². The molecule has 0 aliphatic carbocycles. The molecule has 0 saturated carbocycles. The van der Waals surface area contributed by atoms with Crippen molar-refractivity contribution in [3.05, 3.63) is 65.0 Å². The van der Waals surface area contributed by atoms with E-state index in [0.717, 1.165) is 17.4 Å². The highest BCUT2D eigenvalue weighted by Gasteiger charge is 2.14. The molecule has 3 rings (SSSR count). The zero-order valence-electron chi connectivity index (χ0n) is 15.4. The minimum Gasteiger partial charge on any atom is -0.493 e. The van der Waals surface area contributed by atoms with Gasteiger partial charge in [-0.05, 0) is 23.8 Å². The first-order valence-electron chi connectivity index (χ1n) is 8.34. The lowest BCUT2D eigenvalue weighted by Crippen LogP contribution is -2.17. The molecule has 8 heteroatoms. The van der Waals surface area contributed by atoms with E-state index in [1.807, 2.05) is 0 Å². The normalized spacial score (nSPS) is 11.6. The molecule has 0 bridgehead atoms. The summed E-state index contributed by atoms with van der Waals surface area (Å²) in [6.07, 6.45) is 1.59. The van der Waals surface area contributed by atoms with Gasteiger partial charge < -0.3 is 14.0 Å². The van der Waals surface area contributed by atoms with Crippen LogP contribution in [-0.2, 0) is 17.8 Å². The molecule has 0 radical (unpaired) electrons. The summed E-state index contributed by atoms with van der Waals surface area (Å²) in [4.78, 5) is 16.9. The van der Waals surface area contributed by atoms with Crippen molar-refractivity contribution in [1.82, 2.24) is 4.57 Å². The van der Waals surface area contributed by atoms with E-state index in [2.05, 4.69) is 11.6 Å². The van der Waals surface area contributed by atoms with Gasteiger partial charge in [0, 0.05) is 12.6 Å². The zero-order valence-corrected chi connectivity index (χ0v) is 16.2. The summed E-state index contributed by atoms with van der Waals surface area (Å²) in [5.74, 6) is -0.741. The summed E-state index contributed by atoms with van der Waals surface area (Å²) in [5.41, 5.74) is 0.893. The Balaban J connectivity index is 2.00. The highest BCUT2D eigenvalue weighted by Crippen LogP contribution is 2.28. The van der Waals surface area contributed by atoms with Gasteiger partial charge in [-0.25, -0.2) is 8.78 Å². The molecular formula is C20H18F2N2O3S. The van der Waals surface area contributed by atoms with Crippen molar-refractivity contribution in [2.75, 3.05) is 14.2 Å². The first kappa shape index (κ1) is 19.8. The maximum atomic E-state index is 14.2. The quantitative estimate of drug-likeness (QED) is 0.587. The van der Waals surface area contributed by atoms with E-state index < -0.39 is 17.5 Å². The van der Waals surface area contributed by atoms with Crippen molar-refractivity contribution < 1.29 is 23.0 Å². The predicted octanol–water partition coefficient (Wildman–Crippen LogP) is 3.85. The lowest BCUT2D eigenvalue weighted by molar-refractivity contribution is -0.117. The molecule has 2 aromatic carbocycles. The zero-order chi connectivity index (χ0) is 20.3. The first-order chi connectivity index (χ1) is 13.5. The van der Waals surface area contributed by atoms with E-state index in [9.17, 15) is 13.6 Å². The number of thiazole rings is 1. The smallest absolute Gasteiger partial charge is 0.252 e. The molecule has 0 spiro atoms. The molecule has 28 heavy (non-hydrogen) atoms. The highest BCUT2D eigenvalue weighted by atomic mass is 32.1. The number of methoxy groups -OCH3 is 2. The molecule has 5 nitrogen and oxygen atoms in total. The number of ether oxygens (including phenoxy) is 2. The fourth-order valence-electron chi connectivity index (χ4n) is 2.82. The number of hydrogen-bond acceptors (Lipinski definition) is 4. The number of fused-ring (bicyclic) bond motifs is 1. The fourth-order valence-corrected chi connectivity index (χ4v) is 3.92. The van der Waals surface area contributed by atoms with Crippen LogP contribution in [-0.4, -0.2) is 24.7 Å². The summed E-state index contributed by atoms with van der Waals surface area (Å²) in [6.45, 7) is 3.89. The molecule has 1 heterocycles. The molecule has 0 atom stereocenters. The van der Waals surface area contributed by atoms with E-state index in [4.69, 9.17) is 9.47 Å². The minimum atomic E-state index is -0.707. The summed E-state index contributed by atoms with van der Waals surface area (Å²) < 4.78 is 40.1. The van der Waals surface area contributed by atoms with Gasteiger partial charge in [0.1, 0.15) is 5.82 Å². The SMILES string of the molecule is C=CCn1c(=NC(=O)Cc2ccc(OC)c(OC)c2)sc2cc(F)cc(F)c21. The largest absolute Gasteiger partial charge is 0.493 e. The molecule has 1 aromatic heterocycles. The molecule has 1 amide bonds. The van der Waals surface area contributed by atoms with Crippen LogP contribution in [0, 0.1) is 11.6 Å². The van der Waals surface area contributed by atoms with Gasteiger partial charge in [-0.15, -0.1) is 6.58 Å². The number of aromatic nitrogens is 1. The Morgan fingerprint density at radius 2 is 1.96 bits per heavy atom. The van der Waals surface area contributed by atoms with Gasteiger partial charge >= 0.3 is 0 Å². The summed E-state index contributed by atoms with van der Waals surface area (Å²) in [5, 5.41) is 0. The molecular weight excluding hydrogens is 386 g/mol. The van der Waals surface area contributed by atoms with Crippen LogP contribution in [0.2, 0.25) is 0 Å². The van der Waals surface area contributed by atoms with Crippen molar-refractivity contribution in [2.24, 2.45) is 4.99 Å². The third kappa shape index (κ3) is 3.96. The van der Waals surface area contributed by atoms with E-state index >= 15 is 0 Å². The van der Waals surface area contributed by atoms with E-state index in [1.165, 1.54) is 24.9 Å². The van der Waals surface area contributed by atoms with Crippen LogP contribution in [0.4, 0.5) is 8.78 Å². The number of amides is 1. The number of benzene rings is 2. The van der Waals surface area contributed by atoms with Crippen LogP contribution >= 0.6 is 11.3 Å². The lowest BCUT2D eigenvalue weighted by Gasteiger charge is -2.08. The molecule has 0 aliphatic rings. The number of hydrogen-bond donors (Lipinski definition) is 0. The molecule has 0 unspecified atom stereocenters. The topological polar surface area (TPSA) is 52.8 Å². The third-order valence-electron chi connectivity index (χ3n) is 4.03. The van der Waals surface area contributed by atoms with Crippen LogP contribution in [0.5, 0.6) is 11.5 Å². The number of nitrogens with zero attached hydrogens (tertiary/aromatic N) is 2. The number of halogens is 2. The summed E-state index contributed by atoms with van der Waals surface area (Å²) in [7, 11) is 3.04. The van der Waals surface area contributed by atoms with Gasteiger partial charge in [-0.3, -0.25) is 4.79 Å². The lowest BCUT2D eigenvalue weighted by atomic mass is 10.1. The van der Waals surface area contributed by atoms with Crippen LogP contribution < -0.4 is 14.3 Å². The Labute approximate surface area is 164 Å². The van der Waals surface area contributed by atoms with Crippen molar-refractivity contribution in [3.8, 4) is 11.5 Å². The molecule has 146 valence electrons. The van der Waals surface area contributed by atoms with Crippen molar-refractivity contribution in [3.63, 3.8) is 0 Å². The highest BCUT2D eigenvalue weighted by molar-refractivity contribution is 7.16. The van der Waals surface area contributed by atoms with Crippen LogP contribution in [0.25, 0.3) is 10.2 Å². The van der Waals surface area contributed by atoms with Crippen LogP contribution in [0.1, 0.15) is 5.56 Å². The Morgan fingerprint density at radius 3 is 2.64 bits per heavy atom. The maximum Gasteiger partial charge on any atom is 0.252 e. The van der Waals surface area contributed by atoms with Gasteiger partial charge in [-0.2, -0.15) is 4.99 Å². The van der Waals surface area contributed by atoms with Gasteiger partial charge in [0.15, 0.2) is 22.1 Å². The number of allylic oxidation sites excluding steroid dienone is 1. The molecule has 0 aliphatic heterocycles. The second-order valence-electron chi connectivity index (χ2n) is 5.89. The van der Waals surface area contributed by atoms with Gasteiger partial charge in [-0.1, -0.05) is 23.5 Å². The van der Waals surface area contributed by atoms with E-state index in [1.54, 1.807) is 24.3 Å². The standard InChI is InChI=1S/C20H18F2N2O3S/c1-4-7-24-19-14(22)10-13(21)11-17(19)28-20(24)23-18(25)9-12-5-6-15(26-2)16(8-12)27-3/h4-6,8,10-11H,1,7,9H2,2-3H3. The number of rotatable bonds is 6. The number of carbonyl (C=O) groups excluding carboxylic acids is 1. The van der Waals surface area contributed by atoms with Crippen molar-refractivity contribution >= 4 is 27.5 Å². The summed E-state index contributed by atoms with van der Waals surface area (Å²) >= 11 is 1.05. The Morgan fingerprint density at radius 1 is 1.21 bits per heavy atom. The van der Waals surface area contributed by atoms with Gasteiger partial charge in [0.25, 0.3) is 5.91 Å². The van der Waals surface area contributed by atoms with Gasteiger partial charge in [0.2, 0.25) is 0 Å². The third-order valence-corrected chi connectivity index (χ3v) is 5.06. The second kappa shape index (κ2) is 8.35. The first-order valence-corrected chi connectivity index (χ1v) is 9.16. The minimum absolute atomic E-state index is 0.0273. The Kier molecular flexibility index (Phi) is 5.89. The second-order valence-corrected chi connectivity index (χ2v) is 6.90. The average molecular weight is 404 g/mol.